The molecule has 1 unspecified atom stereocenters. The Labute approximate surface area is 272 Å². The summed E-state index contributed by atoms with van der Waals surface area (Å²) in [6.45, 7) is 7.48. The summed E-state index contributed by atoms with van der Waals surface area (Å²) in [5.74, 6) is 0.282. The molecule has 0 radical (unpaired) electrons. The fraction of sp³-hybridized carbons (Fsp3) is 0.382. The van der Waals surface area contributed by atoms with E-state index in [0.29, 0.717) is 55.0 Å². The highest BCUT2D eigenvalue weighted by molar-refractivity contribution is 6.30. The van der Waals surface area contributed by atoms with Gasteiger partial charge >= 0.3 is 6.09 Å². The van der Waals surface area contributed by atoms with Gasteiger partial charge in [0.05, 0.1) is 22.1 Å². The van der Waals surface area contributed by atoms with Gasteiger partial charge < -0.3 is 25.3 Å². The minimum atomic E-state index is -0.654. The van der Waals surface area contributed by atoms with Crippen molar-refractivity contribution in [2.75, 3.05) is 31.1 Å². The van der Waals surface area contributed by atoms with Gasteiger partial charge in [-0.1, -0.05) is 35.9 Å². The molecule has 1 fully saturated rings. The quantitative estimate of drug-likeness (QED) is 0.204. The van der Waals surface area contributed by atoms with E-state index in [9.17, 15) is 14.4 Å². The number of aromatic nitrogens is 3. The number of H-pyrrole nitrogens is 1. The van der Waals surface area contributed by atoms with Crippen molar-refractivity contribution < 1.29 is 19.1 Å². The molecule has 4 aromatic rings. The van der Waals surface area contributed by atoms with Gasteiger partial charge in [0.2, 0.25) is 0 Å². The molecule has 240 valence electrons. The Morgan fingerprint density at radius 3 is 2.35 bits per heavy atom. The molecule has 1 saturated heterocycles. The number of nitrogens with one attached hydrogen (secondary N) is 3. The summed E-state index contributed by atoms with van der Waals surface area (Å²) in [4.78, 5) is 54.9. The summed E-state index contributed by atoms with van der Waals surface area (Å²) in [7, 11) is 0. The van der Waals surface area contributed by atoms with Crippen molar-refractivity contribution in [1.29, 1.82) is 0 Å². The molecule has 12 heteroatoms. The van der Waals surface area contributed by atoms with Gasteiger partial charge in [-0.2, -0.15) is 0 Å². The minimum absolute atomic E-state index is 0.229. The van der Waals surface area contributed by atoms with Gasteiger partial charge in [0, 0.05) is 43.4 Å². The van der Waals surface area contributed by atoms with E-state index in [1.54, 1.807) is 30.6 Å². The highest BCUT2D eigenvalue weighted by atomic mass is 35.5. The van der Waals surface area contributed by atoms with E-state index in [1.807, 2.05) is 57.3 Å². The van der Waals surface area contributed by atoms with Crippen LogP contribution in [-0.2, 0) is 4.74 Å². The first kappa shape index (κ1) is 31.5. The number of carbonyl (C=O) groups is 3. The second kappa shape index (κ2) is 12.7. The molecule has 2 aromatic heterocycles. The van der Waals surface area contributed by atoms with Crippen molar-refractivity contribution in [1.82, 2.24) is 30.5 Å². The molecule has 0 saturated carbocycles. The lowest BCUT2D eigenvalue weighted by molar-refractivity contribution is 0.0429. The topological polar surface area (TPSA) is 133 Å². The molecule has 0 bridgehead atoms. The van der Waals surface area contributed by atoms with Gasteiger partial charge in [0.15, 0.2) is 0 Å². The summed E-state index contributed by atoms with van der Waals surface area (Å²) in [5.41, 5.74) is 1.30. The number of piperidine rings is 1. The number of benzene rings is 2. The molecule has 11 nitrogen and oxygen atoms in total. The summed E-state index contributed by atoms with van der Waals surface area (Å²) >= 11 is 6.22. The molecule has 0 aliphatic carbocycles. The number of aromatic amines is 1. The van der Waals surface area contributed by atoms with Crippen molar-refractivity contribution >= 4 is 46.4 Å². The molecular weight excluding hydrogens is 606 g/mol. The van der Waals surface area contributed by atoms with Crippen molar-refractivity contribution in [2.45, 2.75) is 57.2 Å². The van der Waals surface area contributed by atoms with Crippen LogP contribution in [0, 0.1) is 0 Å². The lowest BCUT2D eigenvalue weighted by Crippen LogP contribution is -2.61. The smallest absolute Gasteiger partial charge is 0.408 e. The van der Waals surface area contributed by atoms with Crippen LogP contribution in [-0.4, -0.2) is 75.1 Å². The predicted octanol–water partition coefficient (Wildman–Crippen LogP) is 5.49. The zero-order valence-electron chi connectivity index (χ0n) is 26.2. The molecule has 3 N–H and O–H groups in total. The fourth-order valence-electron chi connectivity index (χ4n) is 6.22. The number of nitrogens with zero attached hydrogens (tertiary/aromatic N) is 4. The highest BCUT2D eigenvalue weighted by Gasteiger charge is 2.39. The van der Waals surface area contributed by atoms with Crippen LogP contribution in [0.25, 0.3) is 11.0 Å². The third-order valence-corrected chi connectivity index (χ3v) is 8.85. The largest absolute Gasteiger partial charge is 0.444 e. The van der Waals surface area contributed by atoms with Gasteiger partial charge in [-0.15, -0.1) is 0 Å². The number of hydrogen-bond donors (Lipinski definition) is 3. The number of amides is 3. The second-order valence-corrected chi connectivity index (χ2v) is 13.3. The number of carbonyl (C=O) groups excluding carboxylic acids is 3. The van der Waals surface area contributed by atoms with Crippen molar-refractivity contribution in [2.24, 2.45) is 0 Å². The van der Waals surface area contributed by atoms with Crippen LogP contribution >= 0.6 is 11.6 Å². The molecule has 1 atom stereocenters. The maximum absolute atomic E-state index is 13.2. The summed E-state index contributed by atoms with van der Waals surface area (Å²) in [5, 5.41) is 8.44. The van der Waals surface area contributed by atoms with Crippen LogP contribution in [0.5, 0.6) is 0 Å². The normalized spacial score (nSPS) is 16.9. The average Bonchev–Trinajstić information content (AvgIpc) is 3.60. The third-order valence-electron chi connectivity index (χ3n) is 8.60. The van der Waals surface area contributed by atoms with Crippen LogP contribution in [0.3, 0.4) is 0 Å². The Balaban J connectivity index is 1.21. The number of ether oxygens (including phenoxy) is 1. The standard InChI is InChI=1S/C34H38ClN7O4/c1-33(2,3)46-32(45)40-34(14-18-41(19-15-34)29-26-12-16-36-28(26)38-21-39-29)20-37-27(22-8-10-23(35)11-9-22)13-17-42-30(43)24-6-4-5-7-25(24)31(42)44/h4-12,16,21,27,37H,13-15,17-20H2,1-3H3,(H,40,45)(H,36,38,39). The van der Waals surface area contributed by atoms with E-state index in [0.717, 1.165) is 22.4 Å². The third kappa shape index (κ3) is 6.70. The maximum atomic E-state index is 13.2. The summed E-state index contributed by atoms with van der Waals surface area (Å²) in [6.07, 6.45) is 4.65. The molecular formula is C34H38ClN7O4. The van der Waals surface area contributed by atoms with Crippen LogP contribution in [0.15, 0.2) is 67.1 Å². The zero-order valence-corrected chi connectivity index (χ0v) is 26.9. The van der Waals surface area contributed by atoms with E-state index in [4.69, 9.17) is 16.3 Å². The number of alkyl carbamates (subject to hydrolysis) is 1. The number of imide groups is 1. The Bertz CT molecular complexity index is 1710. The van der Waals surface area contributed by atoms with E-state index in [2.05, 4.69) is 30.5 Å². The van der Waals surface area contributed by atoms with E-state index >= 15 is 0 Å². The lowest BCUT2D eigenvalue weighted by Gasteiger charge is -2.43. The summed E-state index contributed by atoms with van der Waals surface area (Å²) in [6, 6.07) is 16.2. The van der Waals surface area contributed by atoms with Gasteiger partial charge in [-0.3, -0.25) is 14.5 Å². The SMILES string of the molecule is CC(C)(C)OC(=O)NC1(CNC(CCN2C(=O)c3ccccc3C2=O)c2ccc(Cl)cc2)CCN(c2ncnc3[nH]ccc23)CC1. The van der Waals surface area contributed by atoms with E-state index < -0.39 is 17.2 Å². The summed E-state index contributed by atoms with van der Waals surface area (Å²) < 4.78 is 5.69. The van der Waals surface area contributed by atoms with Crippen molar-refractivity contribution in [3.8, 4) is 0 Å². The monoisotopic (exact) mass is 643 g/mol. The van der Waals surface area contributed by atoms with Crippen LogP contribution < -0.4 is 15.5 Å². The van der Waals surface area contributed by atoms with Crippen molar-refractivity contribution in [3.63, 3.8) is 0 Å². The van der Waals surface area contributed by atoms with Gasteiger partial charge in [-0.25, -0.2) is 14.8 Å². The number of rotatable bonds is 9. The average molecular weight is 644 g/mol. The number of hydrogen-bond acceptors (Lipinski definition) is 8. The Morgan fingerprint density at radius 1 is 1.02 bits per heavy atom. The van der Waals surface area contributed by atoms with Gasteiger partial charge in [0.1, 0.15) is 23.4 Å². The first-order valence-electron chi connectivity index (χ1n) is 15.5. The van der Waals surface area contributed by atoms with Gasteiger partial charge in [0.25, 0.3) is 11.8 Å². The Hall–Kier alpha value is -4.48. The number of halogens is 1. The maximum Gasteiger partial charge on any atom is 0.408 e. The van der Waals surface area contributed by atoms with E-state index in [-0.39, 0.29) is 24.4 Å². The van der Waals surface area contributed by atoms with Crippen LogP contribution in [0.4, 0.5) is 10.6 Å². The second-order valence-electron chi connectivity index (χ2n) is 12.9. The molecule has 2 aromatic carbocycles. The Kier molecular flexibility index (Phi) is 8.71. The van der Waals surface area contributed by atoms with Crippen LogP contribution in [0.2, 0.25) is 5.02 Å². The minimum Gasteiger partial charge on any atom is -0.444 e. The van der Waals surface area contributed by atoms with E-state index in [1.165, 1.54) is 4.90 Å². The Morgan fingerprint density at radius 2 is 1.70 bits per heavy atom. The molecule has 2 aliphatic rings. The lowest BCUT2D eigenvalue weighted by atomic mass is 9.86. The molecule has 4 heterocycles. The van der Waals surface area contributed by atoms with Crippen molar-refractivity contribution in [3.05, 3.63) is 88.8 Å². The molecule has 0 spiro atoms. The first-order chi connectivity index (χ1) is 22.0. The molecule has 6 rings (SSSR count). The number of fused-ring (bicyclic) bond motifs is 2. The molecule has 3 amide bonds. The number of anilines is 1. The fourth-order valence-corrected chi connectivity index (χ4v) is 6.35. The first-order valence-corrected chi connectivity index (χ1v) is 15.9. The van der Waals surface area contributed by atoms with Gasteiger partial charge in [-0.05, 0) is 75.9 Å². The highest BCUT2D eigenvalue weighted by Crippen LogP contribution is 2.31. The van der Waals surface area contributed by atoms with Crippen LogP contribution in [0.1, 0.15) is 72.4 Å². The zero-order chi connectivity index (χ0) is 32.5. The molecule has 46 heavy (non-hydrogen) atoms. The predicted molar refractivity (Wildman–Crippen MR) is 176 cm³/mol. The molecule has 2 aliphatic heterocycles.